The molecule has 3 rings (SSSR count). The first kappa shape index (κ1) is 19.6. The molecule has 0 bridgehead atoms. The number of aromatic nitrogens is 2. The number of carbonyl (C=O) groups is 1. The quantitative estimate of drug-likeness (QED) is 0.754. The van der Waals surface area contributed by atoms with E-state index in [9.17, 15) is 4.79 Å². The van der Waals surface area contributed by atoms with Crippen molar-refractivity contribution in [1.29, 1.82) is 0 Å². The van der Waals surface area contributed by atoms with Crippen LogP contribution in [-0.2, 0) is 10.2 Å². The highest BCUT2D eigenvalue weighted by Crippen LogP contribution is 2.26. The van der Waals surface area contributed by atoms with E-state index in [0.29, 0.717) is 32.1 Å². The average molecular weight is 387 g/mol. The summed E-state index contributed by atoms with van der Waals surface area (Å²) >= 11 is 5.91. The second-order valence-electron chi connectivity index (χ2n) is 8.00. The van der Waals surface area contributed by atoms with Crippen LogP contribution in [0.15, 0.2) is 36.5 Å². The molecule has 1 aromatic carbocycles. The summed E-state index contributed by atoms with van der Waals surface area (Å²) < 4.78 is 0. The Kier molecular flexibility index (Phi) is 5.70. The van der Waals surface area contributed by atoms with Crippen molar-refractivity contribution in [3.63, 3.8) is 0 Å². The fourth-order valence-corrected chi connectivity index (χ4v) is 3.32. The van der Waals surface area contributed by atoms with E-state index in [0.717, 1.165) is 11.3 Å². The van der Waals surface area contributed by atoms with E-state index in [-0.39, 0.29) is 11.3 Å². The van der Waals surface area contributed by atoms with E-state index < -0.39 is 5.38 Å². The molecule has 1 aliphatic heterocycles. The van der Waals surface area contributed by atoms with Gasteiger partial charge in [0.2, 0.25) is 11.9 Å². The lowest BCUT2D eigenvalue weighted by Crippen LogP contribution is -2.50. The predicted molar refractivity (Wildman–Crippen MR) is 110 cm³/mol. The Morgan fingerprint density at radius 3 is 2.26 bits per heavy atom. The highest BCUT2D eigenvalue weighted by atomic mass is 35.5. The van der Waals surface area contributed by atoms with Gasteiger partial charge in [0.1, 0.15) is 5.38 Å². The highest BCUT2D eigenvalue weighted by molar-refractivity contribution is 6.30. The topological polar surface area (TPSA) is 49.3 Å². The minimum atomic E-state index is -0.479. The zero-order valence-corrected chi connectivity index (χ0v) is 17.2. The number of nitrogens with zero attached hydrogens (tertiary/aromatic N) is 4. The predicted octanol–water partition coefficient (Wildman–Crippen LogP) is 3.72. The van der Waals surface area contributed by atoms with Gasteiger partial charge < -0.3 is 9.80 Å². The number of hydrogen-bond donors (Lipinski definition) is 0. The van der Waals surface area contributed by atoms with Crippen molar-refractivity contribution in [3.05, 3.63) is 42.1 Å². The van der Waals surface area contributed by atoms with Crippen LogP contribution >= 0.6 is 11.6 Å². The van der Waals surface area contributed by atoms with E-state index in [2.05, 4.69) is 54.9 Å². The molecule has 144 valence electrons. The molecule has 1 aliphatic rings. The first-order valence-electron chi connectivity index (χ1n) is 9.37. The zero-order chi connectivity index (χ0) is 19.6. The number of carbonyl (C=O) groups excluding carboxylic acids is 1. The number of benzene rings is 1. The van der Waals surface area contributed by atoms with Gasteiger partial charge in [-0.05, 0) is 24.0 Å². The Balaban J connectivity index is 1.72. The fraction of sp³-hybridized carbons (Fsp3) is 0.476. The number of hydrogen-bond acceptors (Lipinski definition) is 4. The number of halogens is 1. The van der Waals surface area contributed by atoms with Crippen molar-refractivity contribution in [2.75, 3.05) is 31.1 Å². The van der Waals surface area contributed by atoms with Crippen LogP contribution < -0.4 is 4.90 Å². The summed E-state index contributed by atoms with van der Waals surface area (Å²) in [4.78, 5) is 25.1. The van der Waals surface area contributed by atoms with Crippen LogP contribution in [0.4, 0.5) is 5.95 Å². The van der Waals surface area contributed by atoms with Gasteiger partial charge in [-0.2, -0.15) is 0 Å². The average Bonchev–Trinajstić information content (AvgIpc) is 2.67. The fourth-order valence-electron chi connectivity index (χ4n) is 3.18. The maximum atomic E-state index is 12.0. The molecule has 1 aromatic heterocycles. The first-order chi connectivity index (χ1) is 12.8. The maximum Gasteiger partial charge on any atom is 0.240 e. The number of anilines is 1. The van der Waals surface area contributed by atoms with Gasteiger partial charge >= 0.3 is 0 Å². The third-order valence-electron chi connectivity index (χ3n) is 4.90. The molecule has 2 aromatic rings. The summed E-state index contributed by atoms with van der Waals surface area (Å²) in [6.45, 7) is 11.0. The van der Waals surface area contributed by atoms with E-state index in [1.54, 1.807) is 13.1 Å². The normalized spacial score (nSPS) is 16.3. The Labute approximate surface area is 166 Å². The molecule has 0 radical (unpaired) electrons. The van der Waals surface area contributed by atoms with E-state index in [4.69, 9.17) is 16.6 Å². The minimum absolute atomic E-state index is 0.00933. The summed E-state index contributed by atoms with van der Waals surface area (Å²) in [6.07, 6.45) is 1.80. The molecule has 2 heterocycles. The van der Waals surface area contributed by atoms with Gasteiger partial charge in [-0.25, -0.2) is 9.97 Å². The number of piperazine rings is 1. The van der Waals surface area contributed by atoms with Gasteiger partial charge in [-0.1, -0.05) is 45.0 Å². The molecule has 1 fully saturated rings. The van der Waals surface area contributed by atoms with Crippen molar-refractivity contribution in [3.8, 4) is 11.3 Å². The van der Waals surface area contributed by atoms with Crippen LogP contribution in [0.25, 0.3) is 11.3 Å². The monoisotopic (exact) mass is 386 g/mol. The van der Waals surface area contributed by atoms with Crippen LogP contribution in [0.3, 0.4) is 0 Å². The second-order valence-corrected chi connectivity index (χ2v) is 8.65. The van der Waals surface area contributed by atoms with Gasteiger partial charge in [0.15, 0.2) is 0 Å². The second kappa shape index (κ2) is 7.85. The van der Waals surface area contributed by atoms with Crippen LogP contribution in [0.1, 0.15) is 33.3 Å². The van der Waals surface area contributed by atoms with Crippen LogP contribution in [-0.4, -0.2) is 52.3 Å². The van der Waals surface area contributed by atoms with Crippen LogP contribution in [0, 0.1) is 0 Å². The Morgan fingerprint density at radius 2 is 1.70 bits per heavy atom. The third kappa shape index (κ3) is 4.59. The molecule has 1 saturated heterocycles. The van der Waals surface area contributed by atoms with Crippen LogP contribution in [0.2, 0.25) is 0 Å². The molecular weight excluding hydrogens is 360 g/mol. The number of rotatable bonds is 3. The van der Waals surface area contributed by atoms with Crippen molar-refractivity contribution < 1.29 is 4.79 Å². The first-order valence-corrected chi connectivity index (χ1v) is 9.81. The third-order valence-corrected chi connectivity index (χ3v) is 5.09. The lowest BCUT2D eigenvalue weighted by molar-refractivity contribution is -0.130. The van der Waals surface area contributed by atoms with Gasteiger partial charge in [0.25, 0.3) is 0 Å². The summed E-state index contributed by atoms with van der Waals surface area (Å²) in [5, 5.41) is -0.479. The van der Waals surface area contributed by atoms with E-state index in [1.165, 1.54) is 5.56 Å². The summed E-state index contributed by atoms with van der Waals surface area (Å²) in [5.74, 6) is 0.698. The molecule has 6 heteroatoms. The van der Waals surface area contributed by atoms with E-state index in [1.807, 2.05) is 11.0 Å². The minimum Gasteiger partial charge on any atom is -0.338 e. The van der Waals surface area contributed by atoms with Crippen molar-refractivity contribution in [2.24, 2.45) is 0 Å². The molecule has 0 aliphatic carbocycles. The molecule has 0 unspecified atom stereocenters. The molecule has 0 saturated carbocycles. The number of alkyl halides is 1. The number of amides is 1. The Bertz CT molecular complexity index is 791. The SMILES string of the molecule is C[C@H](Cl)C(=O)N1CCN(c2nccc(-c3ccc(C(C)(C)C)cc3)n2)CC1. The highest BCUT2D eigenvalue weighted by Gasteiger charge is 2.25. The smallest absolute Gasteiger partial charge is 0.240 e. The molecular formula is C21H27ClN4O. The van der Waals surface area contributed by atoms with Crippen molar-refractivity contribution in [2.45, 2.75) is 38.5 Å². The Hall–Kier alpha value is -2.14. The summed E-state index contributed by atoms with van der Waals surface area (Å²) in [5.41, 5.74) is 3.42. The standard InChI is InChI=1S/C21H27ClN4O/c1-15(22)19(27)25-11-13-26(14-12-25)20-23-10-9-18(24-20)16-5-7-17(8-6-16)21(2,3)4/h5-10,15H,11-14H2,1-4H3/t15-/m0/s1. The maximum absolute atomic E-state index is 12.0. The van der Waals surface area contributed by atoms with Gasteiger partial charge in [-0.3, -0.25) is 4.79 Å². The molecule has 0 spiro atoms. The molecule has 5 nitrogen and oxygen atoms in total. The van der Waals surface area contributed by atoms with Crippen molar-refractivity contribution in [1.82, 2.24) is 14.9 Å². The van der Waals surface area contributed by atoms with Gasteiger partial charge in [0, 0.05) is 37.9 Å². The van der Waals surface area contributed by atoms with Crippen molar-refractivity contribution >= 4 is 23.5 Å². The molecule has 0 N–H and O–H groups in total. The summed E-state index contributed by atoms with van der Waals surface area (Å²) in [6, 6.07) is 10.5. The summed E-state index contributed by atoms with van der Waals surface area (Å²) in [7, 11) is 0. The Morgan fingerprint density at radius 1 is 1.07 bits per heavy atom. The molecule has 27 heavy (non-hydrogen) atoms. The van der Waals surface area contributed by atoms with Gasteiger partial charge in [0.05, 0.1) is 5.69 Å². The zero-order valence-electron chi connectivity index (χ0n) is 16.4. The lowest BCUT2D eigenvalue weighted by atomic mass is 9.86. The molecule has 1 atom stereocenters. The van der Waals surface area contributed by atoms with E-state index >= 15 is 0 Å². The van der Waals surface area contributed by atoms with Gasteiger partial charge in [-0.15, -0.1) is 11.6 Å². The van der Waals surface area contributed by atoms with Crippen LogP contribution in [0.5, 0.6) is 0 Å². The lowest BCUT2D eigenvalue weighted by Gasteiger charge is -2.35. The molecule has 1 amide bonds. The largest absolute Gasteiger partial charge is 0.338 e.